The second-order valence-corrected chi connectivity index (χ2v) is 7.08. The third kappa shape index (κ3) is 6.18. The summed E-state index contributed by atoms with van der Waals surface area (Å²) in [6, 6.07) is 20.2. The van der Waals surface area contributed by atoms with Gasteiger partial charge in [-0.1, -0.05) is 12.1 Å². The highest BCUT2D eigenvalue weighted by atomic mass is 16.6. The molecule has 1 N–H and O–H groups in total. The van der Waals surface area contributed by atoms with Crippen LogP contribution < -0.4 is 14.8 Å². The summed E-state index contributed by atoms with van der Waals surface area (Å²) in [5, 5.41) is 23.3. The summed E-state index contributed by atoms with van der Waals surface area (Å²) < 4.78 is 11.0. The van der Waals surface area contributed by atoms with E-state index in [4.69, 9.17) is 9.47 Å². The molecule has 0 saturated carbocycles. The van der Waals surface area contributed by atoms with Crippen LogP contribution in [0, 0.1) is 28.4 Å². The van der Waals surface area contributed by atoms with Crippen LogP contribution in [-0.4, -0.2) is 24.5 Å². The van der Waals surface area contributed by atoms with Gasteiger partial charge in [-0.3, -0.25) is 14.9 Å². The third-order valence-corrected chi connectivity index (χ3v) is 4.69. The molecule has 0 heterocycles. The number of ether oxygens (including phenoxy) is 2. The summed E-state index contributed by atoms with van der Waals surface area (Å²) in [6.07, 6.45) is 1.59. The molecule has 33 heavy (non-hydrogen) atoms. The highest BCUT2D eigenvalue weighted by Crippen LogP contribution is 2.29. The molecule has 1 amide bonds. The standard InChI is InChI=1S/C25H21N3O5/c1-17-4-3-5-21(12-17)27-25(29)16-33-24-14-23(32-2)11-8-19(24)13-20(15-26)18-6-9-22(10-7-18)28(30)31/h3-14H,16H2,1-2H3,(H,27,29)/b20-13+. The Morgan fingerprint density at radius 2 is 1.91 bits per heavy atom. The Morgan fingerprint density at radius 3 is 2.55 bits per heavy atom. The van der Waals surface area contributed by atoms with E-state index in [2.05, 4.69) is 11.4 Å². The van der Waals surface area contributed by atoms with Crippen LogP contribution in [0.25, 0.3) is 11.6 Å². The zero-order valence-electron chi connectivity index (χ0n) is 18.1. The first-order chi connectivity index (χ1) is 15.9. The lowest BCUT2D eigenvalue weighted by Gasteiger charge is -2.12. The summed E-state index contributed by atoms with van der Waals surface area (Å²) in [5.41, 5.74) is 2.97. The molecule has 0 bridgehead atoms. The molecule has 0 radical (unpaired) electrons. The first-order valence-corrected chi connectivity index (χ1v) is 9.93. The van der Waals surface area contributed by atoms with E-state index < -0.39 is 4.92 Å². The van der Waals surface area contributed by atoms with Gasteiger partial charge in [0.1, 0.15) is 11.5 Å². The number of carbonyl (C=O) groups is 1. The zero-order chi connectivity index (χ0) is 23.8. The second-order valence-electron chi connectivity index (χ2n) is 7.08. The number of nitrogens with zero attached hydrogens (tertiary/aromatic N) is 2. The van der Waals surface area contributed by atoms with E-state index in [1.165, 1.54) is 31.4 Å². The molecule has 0 aliphatic heterocycles. The second kappa shape index (κ2) is 10.6. The van der Waals surface area contributed by atoms with E-state index in [9.17, 15) is 20.2 Å². The number of methoxy groups -OCH3 is 1. The summed E-state index contributed by atoms with van der Waals surface area (Å²) in [6.45, 7) is 1.68. The maximum atomic E-state index is 12.4. The Bertz CT molecular complexity index is 1240. The number of hydrogen-bond acceptors (Lipinski definition) is 6. The van der Waals surface area contributed by atoms with Gasteiger partial charge in [0, 0.05) is 29.4 Å². The molecule has 8 nitrogen and oxygen atoms in total. The Hall–Kier alpha value is -4.64. The molecule has 0 aromatic heterocycles. The minimum absolute atomic E-state index is 0.0656. The largest absolute Gasteiger partial charge is 0.497 e. The average molecular weight is 443 g/mol. The summed E-state index contributed by atoms with van der Waals surface area (Å²) in [5.74, 6) is 0.535. The SMILES string of the molecule is COc1ccc(/C=C(\C#N)c2ccc([N+](=O)[O-])cc2)c(OCC(=O)Nc2cccc(C)c2)c1. The van der Waals surface area contributed by atoms with Crippen molar-refractivity contribution < 1.29 is 19.2 Å². The highest BCUT2D eigenvalue weighted by Gasteiger charge is 2.11. The van der Waals surface area contributed by atoms with Crippen LogP contribution in [0.4, 0.5) is 11.4 Å². The van der Waals surface area contributed by atoms with Crippen LogP contribution in [0.2, 0.25) is 0 Å². The Kier molecular flexibility index (Phi) is 7.39. The normalized spacial score (nSPS) is 10.8. The number of hydrogen-bond donors (Lipinski definition) is 1. The fraction of sp³-hybridized carbons (Fsp3) is 0.120. The minimum atomic E-state index is -0.503. The van der Waals surface area contributed by atoms with Crippen molar-refractivity contribution in [1.29, 1.82) is 5.26 Å². The maximum Gasteiger partial charge on any atom is 0.269 e. The number of carbonyl (C=O) groups excluding carboxylic acids is 1. The molecule has 3 aromatic rings. The molecule has 0 fully saturated rings. The molecule has 0 spiro atoms. The van der Waals surface area contributed by atoms with Crippen LogP contribution in [0.5, 0.6) is 11.5 Å². The predicted molar refractivity (Wildman–Crippen MR) is 125 cm³/mol. The minimum Gasteiger partial charge on any atom is -0.497 e. The van der Waals surface area contributed by atoms with Crippen LogP contribution in [0.1, 0.15) is 16.7 Å². The van der Waals surface area contributed by atoms with E-state index in [1.807, 2.05) is 25.1 Å². The molecule has 8 heteroatoms. The van der Waals surface area contributed by atoms with Crippen molar-refractivity contribution in [2.24, 2.45) is 0 Å². The van der Waals surface area contributed by atoms with Crippen molar-refractivity contribution in [2.75, 3.05) is 19.0 Å². The number of aryl methyl sites for hydroxylation is 1. The van der Waals surface area contributed by atoms with Gasteiger partial charge in [0.25, 0.3) is 11.6 Å². The van der Waals surface area contributed by atoms with Gasteiger partial charge in [0.05, 0.1) is 23.7 Å². The molecule has 3 rings (SSSR count). The average Bonchev–Trinajstić information content (AvgIpc) is 2.81. The van der Waals surface area contributed by atoms with Crippen molar-refractivity contribution in [1.82, 2.24) is 0 Å². The number of nitrogens with one attached hydrogen (secondary N) is 1. The van der Waals surface area contributed by atoms with Crippen molar-refractivity contribution in [3.8, 4) is 17.6 Å². The number of nitro benzene ring substituents is 1. The highest BCUT2D eigenvalue weighted by molar-refractivity contribution is 5.93. The van der Waals surface area contributed by atoms with E-state index in [0.717, 1.165) is 5.56 Å². The van der Waals surface area contributed by atoms with Crippen molar-refractivity contribution in [3.05, 3.63) is 93.5 Å². The van der Waals surface area contributed by atoms with Crippen LogP contribution >= 0.6 is 0 Å². The topological polar surface area (TPSA) is 114 Å². The Labute approximate surface area is 190 Å². The Balaban J connectivity index is 1.82. The lowest BCUT2D eigenvalue weighted by atomic mass is 10.0. The fourth-order valence-corrected chi connectivity index (χ4v) is 3.05. The molecule has 0 atom stereocenters. The fourth-order valence-electron chi connectivity index (χ4n) is 3.05. The molecule has 0 saturated heterocycles. The quantitative estimate of drug-likeness (QED) is 0.227. The molecule has 0 aliphatic rings. The van der Waals surface area contributed by atoms with E-state index in [1.54, 1.807) is 30.3 Å². The van der Waals surface area contributed by atoms with Crippen molar-refractivity contribution in [2.45, 2.75) is 6.92 Å². The van der Waals surface area contributed by atoms with E-state index in [-0.39, 0.29) is 23.8 Å². The molecule has 166 valence electrons. The first-order valence-electron chi connectivity index (χ1n) is 9.93. The first kappa shape index (κ1) is 23.0. The van der Waals surface area contributed by atoms with Crippen LogP contribution in [-0.2, 0) is 4.79 Å². The molecule has 0 aliphatic carbocycles. The monoisotopic (exact) mass is 443 g/mol. The lowest BCUT2D eigenvalue weighted by molar-refractivity contribution is -0.384. The number of amides is 1. The number of anilines is 1. The van der Waals surface area contributed by atoms with Crippen molar-refractivity contribution >= 4 is 28.9 Å². The molecule has 0 unspecified atom stereocenters. The summed E-state index contributed by atoms with van der Waals surface area (Å²) in [4.78, 5) is 22.7. The summed E-state index contributed by atoms with van der Waals surface area (Å²) in [7, 11) is 1.51. The number of rotatable bonds is 8. The number of non-ortho nitro benzene ring substituents is 1. The lowest BCUT2D eigenvalue weighted by Crippen LogP contribution is -2.20. The van der Waals surface area contributed by atoms with Gasteiger partial charge in [-0.25, -0.2) is 0 Å². The number of nitriles is 1. The zero-order valence-corrected chi connectivity index (χ0v) is 18.1. The van der Waals surface area contributed by atoms with Crippen LogP contribution in [0.15, 0.2) is 66.7 Å². The third-order valence-electron chi connectivity index (χ3n) is 4.69. The van der Waals surface area contributed by atoms with Gasteiger partial charge in [-0.2, -0.15) is 5.26 Å². The predicted octanol–water partition coefficient (Wildman–Crippen LogP) is 4.99. The van der Waals surface area contributed by atoms with Gasteiger partial charge in [-0.15, -0.1) is 0 Å². The van der Waals surface area contributed by atoms with Crippen LogP contribution in [0.3, 0.4) is 0 Å². The number of benzene rings is 3. The number of nitro groups is 1. The van der Waals surface area contributed by atoms with Gasteiger partial charge >= 0.3 is 0 Å². The van der Waals surface area contributed by atoms with Crippen molar-refractivity contribution in [3.63, 3.8) is 0 Å². The summed E-state index contributed by atoms with van der Waals surface area (Å²) >= 11 is 0. The maximum absolute atomic E-state index is 12.4. The molecular weight excluding hydrogens is 422 g/mol. The van der Waals surface area contributed by atoms with Gasteiger partial charge < -0.3 is 14.8 Å². The van der Waals surface area contributed by atoms with Gasteiger partial charge in [0.15, 0.2) is 6.61 Å². The number of allylic oxidation sites excluding steroid dienone is 1. The Morgan fingerprint density at radius 1 is 1.15 bits per heavy atom. The van der Waals surface area contributed by atoms with Gasteiger partial charge in [0.2, 0.25) is 0 Å². The smallest absolute Gasteiger partial charge is 0.269 e. The molecule has 3 aromatic carbocycles. The molecular formula is C25H21N3O5. The van der Waals surface area contributed by atoms with E-state index in [0.29, 0.717) is 28.3 Å². The van der Waals surface area contributed by atoms with Gasteiger partial charge in [-0.05, 0) is 60.5 Å². The van der Waals surface area contributed by atoms with E-state index >= 15 is 0 Å².